The number of aryl methyl sites for hydroxylation is 2. The number of carbonyl (C=O) groups is 1. The highest BCUT2D eigenvalue weighted by atomic mass is 16.7. The van der Waals surface area contributed by atoms with Gasteiger partial charge in [0.2, 0.25) is 12.2 Å². The van der Waals surface area contributed by atoms with Gasteiger partial charge in [0, 0.05) is 30.1 Å². The molecule has 2 aromatic rings. The molecule has 1 saturated heterocycles. The summed E-state index contributed by atoms with van der Waals surface area (Å²) in [5.41, 5.74) is 5.97. The minimum absolute atomic E-state index is 0.154. The molecule has 1 aliphatic heterocycles. The Labute approximate surface area is 184 Å². The van der Waals surface area contributed by atoms with Gasteiger partial charge in [0.15, 0.2) is 0 Å². The van der Waals surface area contributed by atoms with Crippen LogP contribution in [0.15, 0.2) is 18.2 Å². The molecule has 3 rings (SSSR count). The second-order valence-corrected chi connectivity index (χ2v) is 8.50. The summed E-state index contributed by atoms with van der Waals surface area (Å²) in [5.74, 6) is 0.615. The molecule has 31 heavy (non-hydrogen) atoms. The van der Waals surface area contributed by atoms with Gasteiger partial charge in [-0.1, -0.05) is 18.2 Å². The maximum Gasteiger partial charge on any atom is 0.508 e. The molecular weight excluding hydrogens is 396 g/mol. The summed E-state index contributed by atoms with van der Waals surface area (Å²) >= 11 is 0. The van der Waals surface area contributed by atoms with Gasteiger partial charge in [-0.05, 0) is 64.2 Å². The molecule has 0 bridgehead atoms. The van der Waals surface area contributed by atoms with E-state index in [2.05, 4.69) is 57.6 Å². The zero-order valence-corrected chi connectivity index (χ0v) is 19.4. The lowest BCUT2D eigenvalue weighted by molar-refractivity contribution is -0.161. The van der Waals surface area contributed by atoms with Crippen molar-refractivity contribution in [3.8, 4) is 5.88 Å². The zero-order valence-electron chi connectivity index (χ0n) is 19.4. The first-order valence-corrected chi connectivity index (χ1v) is 11.0. The van der Waals surface area contributed by atoms with E-state index in [4.69, 9.17) is 19.3 Å². The number of hydrogen-bond donors (Lipinski definition) is 0. The van der Waals surface area contributed by atoms with Crippen molar-refractivity contribution in [3.05, 3.63) is 46.1 Å². The Bertz CT molecular complexity index is 906. The van der Waals surface area contributed by atoms with Crippen LogP contribution in [0.1, 0.15) is 67.1 Å². The minimum Gasteiger partial charge on any atom is -0.446 e. The predicted molar refractivity (Wildman–Crippen MR) is 118 cm³/mol. The largest absolute Gasteiger partial charge is 0.508 e. The summed E-state index contributed by atoms with van der Waals surface area (Å²) in [7, 11) is 1.29. The van der Waals surface area contributed by atoms with Gasteiger partial charge < -0.3 is 18.9 Å². The summed E-state index contributed by atoms with van der Waals surface area (Å²) in [5, 5.41) is 4.76. The zero-order chi connectivity index (χ0) is 22.5. The van der Waals surface area contributed by atoms with Crippen molar-refractivity contribution in [2.24, 2.45) is 0 Å². The van der Waals surface area contributed by atoms with E-state index in [1.165, 1.54) is 23.8 Å². The van der Waals surface area contributed by atoms with Gasteiger partial charge in [-0.25, -0.2) is 4.79 Å². The van der Waals surface area contributed by atoms with Gasteiger partial charge in [0.05, 0.1) is 13.2 Å². The Hall–Kier alpha value is -2.54. The van der Waals surface area contributed by atoms with E-state index in [-0.39, 0.29) is 18.8 Å². The molecule has 1 aliphatic rings. The molecule has 0 aliphatic carbocycles. The van der Waals surface area contributed by atoms with E-state index in [0.717, 1.165) is 36.9 Å². The van der Waals surface area contributed by atoms with Crippen LogP contribution in [-0.2, 0) is 20.6 Å². The summed E-state index contributed by atoms with van der Waals surface area (Å²) in [6.07, 6.45) is 1.92. The van der Waals surface area contributed by atoms with Crippen molar-refractivity contribution in [1.82, 2.24) is 9.78 Å². The average molecular weight is 431 g/mol. The van der Waals surface area contributed by atoms with E-state index < -0.39 is 12.4 Å². The van der Waals surface area contributed by atoms with Gasteiger partial charge in [-0.3, -0.25) is 4.68 Å². The molecule has 7 nitrogen and oxygen atoms in total. The number of ether oxygens (including phenoxy) is 4. The second-order valence-electron chi connectivity index (χ2n) is 8.50. The van der Waals surface area contributed by atoms with Crippen LogP contribution in [0.3, 0.4) is 0 Å². The molecular formula is C24H34N2O5. The molecule has 7 heteroatoms. The first kappa shape index (κ1) is 23.1. The van der Waals surface area contributed by atoms with E-state index in [1.54, 1.807) is 0 Å². The van der Waals surface area contributed by atoms with Gasteiger partial charge >= 0.3 is 6.16 Å². The molecule has 0 radical (unpaired) electrons. The number of carbonyl (C=O) groups excluding carboxylic acids is 1. The van der Waals surface area contributed by atoms with Crippen LogP contribution >= 0.6 is 0 Å². The lowest BCUT2D eigenvalue weighted by Gasteiger charge is -2.29. The highest BCUT2D eigenvalue weighted by Gasteiger charge is 2.28. The van der Waals surface area contributed by atoms with Crippen LogP contribution < -0.4 is 4.74 Å². The van der Waals surface area contributed by atoms with Gasteiger partial charge in [0.1, 0.15) is 6.61 Å². The fraction of sp³-hybridized carbons (Fsp3) is 0.583. The normalized spacial score (nSPS) is 18.8. The molecule has 170 valence electrons. The van der Waals surface area contributed by atoms with Crippen molar-refractivity contribution < 1.29 is 23.7 Å². The highest BCUT2D eigenvalue weighted by molar-refractivity contribution is 5.59. The Morgan fingerprint density at radius 1 is 1.23 bits per heavy atom. The third-order valence-corrected chi connectivity index (χ3v) is 5.79. The predicted octanol–water partition coefficient (Wildman–Crippen LogP) is 5.04. The van der Waals surface area contributed by atoms with Crippen LogP contribution in [-0.4, -0.2) is 42.0 Å². The maximum atomic E-state index is 11.3. The SMILES string of the molecule is COC(=O)OCC1CCCC(Oc2nn(C(C)C)c(C)c2Cc2ccc(C)c(C)c2)O1. The molecule has 0 saturated carbocycles. The smallest absolute Gasteiger partial charge is 0.446 e. The number of methoxy groups -OCH3 is 1. The van der Waals surface area contributed by atoms with E-state index in [1.807, 2.05) is 4.68 Å². The monoisotopic (exact) mass is 430 g/mol. The Morgan fingerprint density at radius 3 is 2.68 bits per heavy atom. The van der Waals surface area contributed by atoms with E-state index in [0.29, 0.717) is 5.88 Å². The Morgan fingerprint density at radius 2 is 2.00 bits per heavy atom. The molecule has 2 atom stereocenters. The number of aromatic nitrogens is 2. The maximum absolute atomic E-state index is 11.3. The summed E-state index contributed by atoms with van der Waals surface area (Å²) in [4.78, 5) is 11.3. The Balaban J connectivity index is 1.77. The van der Waals surface area contributed by atoms with Crippen LogP contribution in [0.2, 0.25) is 0 Å². The molecule has 0 amide bonds. The van der Waals surface area contributed by atoms with Crippen LogP contribution in [0.4, 0.5) is 4.79 Å². The van der Waals surface area contributed by atoms with Crippen molar-refractivity contribution in [2.45, 2.75) is 78.7 Å². The quantitative estimate of drug-likeness (QED) is 0.573. The molecule has 1 fully saturated rings. The van der Waals surface area contributed by atoms with Crippen LogP contribution in [0.25, 0.3) is 0 Å². The molecule has 2 unspecified atom stereocenters. The fourth-order valence-electron chi connectivity index (χ4n) is 3.86. The molecule has 1 aromatic heterocycles. The Kier molecular flexibility index (Phi) is 7.59. The topological polar surface area (TPSA) is 71.8 Å². The summed E-state index contributed by atoms with van der Waals surface area (Å²) < 4.78 is 23.9. The second kappa shape index (κ2) is 10.2. The van der Waals surface area contributed by atoms with Crippen molar-refractivity contribution in [3.63, 3.8) is 0 Å². The van der Waals surface area contributed by atoms with Crippen molar-refractivity contribution in [2.75, 3.05) is 13.7 Å². The van der Waals surface area contributed by atoms with Crippen molar-refractivity contribution in [1.29, 1.82) is 0 Å². The number of nitrogens with zero attached hydrogens (tertiary/aromatic N) is 2. The van der Waals surface area contributed by atoms with Gasteiger partial charge in [-0.2, -0.15) is 0 Å². The van der Waals surface area contributed by atoms with Crippen molar-refractivity contribution >= 4 is 6.16 Å². The third kappa shape index (κ3) is 5.79. The molecule has 0 spiro atoms. The molecule has 1 aromatic carbocycles. The summed E-state index contributed by atoms with van der Waals surface area (Å²) in [6.45, 7) is 10.7. The highest BCUT2D eigenvalue weighted by Crippen LogP contribution is 2.30. The van der Waals surface area contributed by atoms with Crippen LogP contribution in [0, 0.1) is 20.8 Å². The number of hydrogen-bond acceptors (Lipinski definition) is 6. The van der Waals surface area contributed by atoms with E-state index >= 15 is 0 Å². The molecule has 2 heterocycles. The van der Waals surface area contributed by atoms with Gasteiger partial charge in [-0.15, -0.1) is 5.10 Å². The third-order valence-electron chi connectivity index (χ3n) is 5.79. The lowest BCUT2D eigenvalue weighted by Crippen LogP contribution is -2.35. The first-order valence-electron chi connectivity index (χ1n) is 11.0. The van der Waals surface area contributed by atoms with Crippen LogP contribution in [0.5, 0.6) is 5.88 Å². The molecule has 0 N–H and O–H groups in total. The lowest BCUT2D eigenvalue weighted by atomic mass is 10.0. The number of benzene rings is 1. The summed E-state index contributed by atoms with van der Waals surface area (Å²) in [6, 6.07) is 6.77. The first-order chi connectivity index (χ1) is 14.8. The van der Waals surface area contributed by atoms with Gasteiger partial charge in [0.25, 0.3) is 0 Å². The standard InChI is InChI=1S/C24H34N2O5/c1-15(2)26-18(5)21(13-19-11-10-16(3)17(4)12-19)23(25-26)31-22-9-7-8-20(30-22)14-29-24(27)28-6/h10-12,15,20,22H,7-9,13-14H2,1-6H3. The fourth-order valence-corrected chi connectivity index (χ4v) is 3.86. The average Bonchev–Trinajstić information content (AvgIpc) is 3.04. The minimum atomic E-state index is -0.700. The van der Waals surface area contributed by atoms with E-state index in [9.17, 15) is 4.79 Å². The number of rotatable bonds is 7.